The van der Waals surface area contributed by atoms with E-state index in [1.807, 2.05) is 61.5 Å². The van der Waals surface area contributed by atoms with Crippen LogP contribution in [0.15, 0.2) is 78.9 Å². The van der Waals surface area contributed by atoms with Crippen LogP contribution < -0.4 is 20.3 Å². The Hall–Kier alpha value is -3.80. The molecule has 0 bridgehead atoms. The number of rotatable bonds is 10. The summed E-state index contributed by atoms with van der Waals surface area (Å²) in [6, 6.07) is 24.4. The second-order valence-corrected chi connectivity index (χ2v) is 8.40. The molecule has 0 saturated carbocycles. The molecule has 3 aromatic rings. The van der Waals surface area contributed by atoms with Gasteiger partial charge in [-0.3, -0.25) is 20.4 Å². The molecule has 0 saturated heterocycles. The molecule has 6 heteroatoms. The molecule has 2 N–H and O–H groups in total. The van der Waals surface area contributed by atoms with Crippen molar-refractivity contribution in [1.82, 2.24) is 10.9 Å². The predicted molar refractivity (Wildman–Crippen MR) is 134 cm³/mol. The SMILES string of the molecule is CCC(Oc1ccc(-c2ccccc2)cc1)C(=O)NNC(=O)c1ccc(OCCC(C)C)cc1. The first kappa shape index (κ1) is 24.8. The van der Waals surface area contributed by atoms with Crippen LogP contribution in [0.1, 0.15) is 44.0 Å². The lowest BCUT2D eigenvalue weighted by atomic mass is 10.1. The zero-order valence-electron chi connectivity index (χ0n) is 19.9. The van der Waals surface area contributed by atoms with E-state index in [0.29, 0.717) is 36.0 Å². The molecule has 0 aliphatic carbocycles. The molecule has 1 atom stereocenters. The topological polar surface area (TPSA) is 76.7 Å². The Morgan fingerprint density at radius 2 is 1.41 bits per heavy atom. The van der Waals surface area contributed by atoms with Crippen LogP contribution in [0.3, 0.4) is 0 Å². The van der Waals surface area contributed by atoms with Crippen LogP contribution in [0.4, 0.5) is 0 Å². The first-order valence-corrected chi connectivity index (χ1v) is 11.6. The maximum Gasteiger partial charge on any atom is 0.279 e. The Balaban J connectivity index is 1.49. The molecular weight excluding hydrogens is 428 g/mol. The van der Waals surface area contributed by atoms with Crippen LogP contribution >= 0.6 is 0 Å². The number of hydrogen-bond acceptors (Lipinski definition) is 4. The van der Waals surface area contributed by atoms with Crippen molar-refractivity contribution < 1.29 is 19.1 Å². The van der Waals surface area contributed by atoms with Gasteiger partial charge in [-0.25, -0.2) is 0 Å². The Kier molecular flexibility index (Phi) is 9.09. The van der Waals surface area contributed by atoms with Gasteiger partial charge in [0.05, 0.1) is 6.61 Å². The number of hydrazine groups is 1. The van der Waals surface area contributed by atoms with Crippen molar-refractivity contribution in [3.63, 3.8) is 0 Å². The van der Waals surface area contributed by atoms with Crippen LogP contribution in [-0.2, 0) is 4.79 Å². The van der Waals surface area contributed by atoms with Gasteiger partial charge in [-0.15, -0.1) is 0 Å². The molecule has 6 nitrogen and oxygen atoms in total. The minimum atomic E-state index is -0.736. The fourth-order valence-corrected chi connectivity index (χ4v) is 3.23. The van der Waals surface area contributed by atoms with Crippen molar-refractivity contribution in [2.75, 3.05) is 6.61 Å². The van der Waals surface area contributed by atoms with Gasteiger partial charge in [0.2, 0.25) is 0 Å². The first-order chi connectivity index (χ1) is 16.5. The number of benzene rings is 3. The molecular formula is C28H32N2O4. The highest BCUT2D eigenvalue weighted by Crippen LogP contribution is 2.23. The van der Waals surface area contributed by atoms with Crippen molar-refractivity contribution in [3.8, 4) is 22.6 Å². The highest BCUT2D eigenvalue weighted by Gasteiger charge is 2.19. The molecule has 3 rings (SSSR count). The fourth-order valence-electron chi connectivity index (χ4n) is 3.23. The molecule has 0 spiro atoms. The van der Waals surface area contributed by atoms with Crippen molar-refractivity contribution in [2.45, 2.75) is 39.7 Å². The van der Waals surface area contributed by atoms with Gasteiger partial charge in [0.15, 0.2) is 6.10 Å². The average molecular weight is 461 g/mol. The molecule has 34 heavy (non-hydrogen) atoms. The van der Waals surface area contributed by atoms with E-state index in [1.54, 1.807) is 24.3 Å². The van der Waals surface area contributed by atoms with E-state index >= 15 is 0 Å². The summed E-state index contributed by atoms with van der Waals surface area (Å²) in [6.07, 6.45) is 0.677. The van der Waals surface area contributed by atoms with Crippen LogP contribution in [0.2, 0.25) is 0 Å². The third-order valence-electron chi connectivity index (χ3n) is 5.28. The van der Waals surface area contributed by atoms with Gasteiger partial charge in [0, 0.05) is 5.56 Å². The molecule has 3 aromatic carbocycles. The van der Waals surface area contributed by atoms with Gasteiger partial charge in [0.25, 0.3) is 11.8 Å². The van der Waals surface area contributed by atoms with E-state index in [4.69, 9.17) is 9.47 Å². The Bertz CT molecular complexity index is 1050. The van der Waals surface area contributed by atoms with Gasteiger partial charge in [-0.05, 0) is 66.3 Å². The summed E-state index contributed by atoms with van der Waals surface area (Å²) in [5.74, 6) is 1.03. The largest absolute Gasteiger partial charge is 0.494 e. The van der Waals surface area contributed by atoms with Crippen molar-refractivity contribution in [2.24, 2.45) is 5.92 Å². The Labute approximate surface area is 201 Å². The summed E-state index contributed by atoms with van der Waals surface area (Å²) in [5.41, 5.74) is 7.49. The summed E-state index contributed by atoms with van der Waals surface area (Å²) in [5, 5.41) is 0. The summed E-state index contributed by atoms with van der Waals surface area (Å²) < 4.78 is 11.5. The molecule has 1 unspecified atom stereocenters. The zero-order valence-corrected chi connectivity index (χ0v) is 19.9. The number of hydrogen-bond donors (Lipinski definition) is 2. The third kappa shape index (κ3) is 7.37. The summed E-state index contributed by atoms with van der Waals surface area (Å²) in [7, 11) is 0. The number of carbonyl (C=O) groups is 2. The summed E-state index contributed by atoms with van der Waals surface area (Å²) in [6.45, 7) is 6.76. The number of ether oxygens (including phenoxy) is 2. The fraction of sp³-hybridized carbons (Fsp3) is 0.286. The molecule has 0 aromatic heterocycles. The molecule has 2 amide bonds. The Morgan fingerprint density at radius 3 is 2.03 bits per heavy atom. The van der Waals surface area contributed by atoms with E-state index in [1.165, 1.54) is 0 Å². The molecule has 0 fully saturated rings. The van der Waals surface area contributed by atoms with Gasteiger partial charge in [-0.1, -0.05) is 63.2 Å². The second kappa shape index (κ2) is 12.4. The minimum absolute atomic E-state index is 0.413. The summed E-state index contributed by atoms with van der Waals surface area (Å²) in [4.78, 5) is 25.0. The number of nitrogens with one attached hydrogen (secondary N) is 2. The van der Waals surface area contributed by atoms with Gasteiger partial charge < -0.3 is 9.47 Å². The molecule has 0 aliphatic heterocycles. The quantitative estimate of drug-likeness (QED) is 0.397. The van der Waals surface area contributed by atoms with Crippen molar-refractivity contribution >= 4 is 11.8 Å². The van der Waals surface area contributed by atoms with E-state index in [-0.39, 0.29) is 0 Å². The Morgan fingerprint density at radius 1 is 0.794 bits per heavy atom. The molecule has 0 aliphatic rings. The van der Waals surface area contributed by atoms with Crippen LogP contribution in [-0.4, -0.2) is 24.5 Å². The monoisotopic (exact) mass is 460 g/mol. The van der Waals surface area contributed by atoms with Crippen LogP contribution in [0.25, 0.3) is 11.1 Å². The second-order valence-electron chi connectivity index (χ2n) is 8.40. The van der Waals surface area contributed by atoms with E-state index < -0.39 is 17.9 Å². The first-order valence-electron chi connectivity index (χ1n) is 11.6. The van der Waals surface area contributed by atoms with Crippen molar-refractivity contribution in [3.05, 3.63) is 84.4 Å². The number of carbonyl (C=O) groups excluding carboxylic acids is 2. The maximum absolute atomic E-state index is 12.6. The third-order valence-corrected chi connectivity index (χ3v) is 5.28. The zero-order chi connectivity index (χ0) is 24.3. The maximum atomic E-state index is 12.6. The molecule has 0 heterocycles. The van der Waals surface area contributed by atoms with E-state index in [2.05, 4.69) is 24.7 Å². The highest BCUT2D eigenvalue weighted by atomic mass is 16.5. The molecule has 178 valence electrons. The smallest absolute Gasteiger partial charge is 0.279 e. The van der Waals surface area contributed by atoms with E-state index in [9.17, 15) is 9.59 Å². The van der Waals surface area contributed by atoms with Gasteiger partial charge >= 0.3 is 0 Å². The van der Waals surface area contributed by atoms with Crippen molar-refractivity contribution in [1.29, 1.82) is 0 Å². The lowest BCUT2D eigenvalue weighted by Crippen LogP contribution is -2.47. The minimum Gasteiger partial charge on any atom is -0.494 e. The normalized spacial score (nSPS) is 11.5. The lowest BCUT2D eigenvalue weighted by molar-refractivity contribution is -0.128. The average Bonchev–Trinajstić information content (AvgIpc) is 2.86. The van der Waals surface area contributed by atoms with Gasteiger partial charge in [0.1, 0.15) is 11.5 Å². The van der Waals surface area contributed by atoms with Crippen LogP contribution in [0, 0.1) is 5.92 Å². The van der Waals surface area contributed by atoms with Gasteiger partial charge in [-0.2, -0.15) is 0 Å². The summed E-state index contributed by atoms with van der Waals surface area (Å²) >= 11 is 0. The molecule has 0 radical (unpaired) electrons. The lowest BCUT2D eigenvalue weighted by Gasteiger charge is -2.18. The van der Waals surface area contributed by atoms with Crippen LogP contribution in [0.5, 0.6) is 11.5 Å². The number of amides is 2. The highest BCUT2D eigenvalue weighted by molar-refractivity contribution is 5.95. The predicted octanol–water partition coefficient (Wildman–Crippen LogP) is 5.40. The van der Waals surface area contributed by atoms with E-state index in [0.717, 1.165) is 17.5 Å². The standard InChI is InChI=1S/C28H32N2O4/c1-4-26(34-25-16-10-22(11-17-25)21-8-6-5-7-9-21)28(32)30-29-27(31)23-12-14-24(15-13-23)33-19-18-20(2)3/h5-17,20,26H,4,18-19H2,1-3H3,(H,29,31)(H,30,32).